The molecule has 0 aromatic rings. The first-order valence-corrected chi connectivity index (χ1v) is 9.15. The van der Waals surface area contributed by atoms with Gasteiger partial charge in [0, 0.05) is 12.1 Å². The van der Waals surface area contributed by atoms with Gasteiger partial charge in [0.2, 0.25) is 0 Å². The number of nitrogens with one attached hydrogen (secondary N) is 2. The third kappa shape index (κ3) is 4.28. The largest absolute Gasteiger partial charge is 0.444 e. The molecule has 3 rings (SSSR count). The molecule has 4 atom stereocenters. The number of hydrogen-bond donors (Lipinski definition) is 2. The highest BCUT2D eigenvalue weighted by atomic mass is 16.6. The molecular formula is C19H32N2O2. The number of carbonyl (C=O) groups is 1. The molecule has 130 valence electrons. The van der Waals surface area contributed by atoms with E-state index in [4.69, 9.17) is 4.74 Å². The number of rotatable bonds is 6. The van der Waals surface area contributed by atoms with Crippen LogP contribution >= 0.6 is 0 Å². The van der Waals surface area contributed by atoms with Gasteiger partial charge in [-0.25, -0.2) is 4.79 Å². The lowest BCUT2D eigenvalue weighted by molar-refractivity contribution is 0.0507. The van der Waals surface area contributed by atoms with Crippen LogP contribution in [0.2, 0.25) is 0 Å². The van der Waals surface area contributed by atoms with Gasteiger partial charge in [-0.1, -0.05) is 12.2 Å². The maximum Gasteiger partial charge on any atom is 0.407 e. The molecule has 4 heteroatoms. The van der Waals surface area contributed by atoms with E-state index < -0.39 is 5.60 Å². The minimum absolute atomic E-state index is 0.0115. The fraction of sp³-hybridized carbons (Fsp3) is 0.842. The standard InChI is InChI=1S/C19H32N2O2/c1-18(2,3)23-17(22)20-12-19(4,16-7-8-16)21-11-15-10-13-5-6-14(15)9-13/h5-6,13-16,21H,7-12H2,1-4H3,(H,20,22). The monoisotopic (exact) mass is 320 g/mol. The maximum atomic E-state index is 11.9. The maximum absolute atomic E-state index is 11.9. The van der Waals surface area contributed by atoms with Crippen molar-refractivity contribution in [3.8, 4) is 0 Å². The molecule has 23 heavy (non-hydrogen) atoms. The molecule has 0 radical (unpaired) electrons. The second-order valence-electron chi connectivity index (χ2n) is 8.97. The lowest BCUT2D eigenvalue weighted by atomic mass is 9.90. The average molecular weight is 320 g/mol. The van der Waals surface area contributed by atoms with E-state index >= 15 is 0 Å². The van der Waals surface area contributed by atoms with Crippen LogP contribution in [0.25, 0.3) is 0 Å². The van der Waals surface area contributed by atoms with Crippen LogP contribution in [0.1, 0.15) is 53.4 Å². The fourth-order valence-corrected chi connectivity index (χ4v) is 4.14. The molecule has 1 amide bonds. The summed E-state index contributed by atoms with van der Waals surface area (Å²) in [4.78, 5) is 11.9. The molecule has 3 aliphatic rings. The van der Waals surface area contributed by atoms with E-state index in [9.17, 15) is 4.79 Å². The number of hydrogen-bond acceptors (Lipinski definition) is 3. The van der Waals surface area contributed by atoms with E-state index in [1.807, 2.05) is 20.8 Å². The van der Waals surface area contributed by atoms with Gasteiger partial charge in [-0.2, -0.15) is 0 Å². The Hall–Kier alpha value is -1.03. The van der Waals surface area contributed by atoms with Crippen molar-refractivity contribution in [3.05, 3.63) is 12.2 Å². The smallest absolute Gasteiger partial charge is 0.407 e. The van der Waals surface area contributed by atoms with E-state index in [0.29, 0.717) is 12.5 Å². The van der Waals surface area contributed by atoms with Crippen LogP contribution in [0.15, 0.2) is 12.2 Å². The van der Waals surface area contributed by atoms with E-state index in [1.54, 1.807) is 0 Å². The van der Waals surface area contributed by atoms with Gasteiger partial charge in [-0.15, -0.1) is 0 Å². The van der Waals surface area contributed by atoms with Crippen molar-refractivity contribution in [2.24, 2.45) is 23.7 Å². The minimum atomic E-state index is -0.442. The van der Waals surface area contributed by atoms with Crippen LogP contribution in [0, 0.1) is 23.7 Å². The van der Waals surface area contributed by atoms with Crippen LogP contribution in [-0.2, 0) is 4.74 Å². The fourth-order valence-electron chi connectivity index (χ4n) is 4.14. The first-order valence-electron chi connectivity index (χ1n) is 9.15. The van der Waals surface area contributed by atoms with Crippen LogP contribution in [-0.4, -0.2) is 30.3 Å². The molecule has 0 aliphatic heterocycles. The summed E-state index contributed by atoms with van der Waals surface area (Å²) in [5, 5.41) is 6.77. The van der Waals surface area contributed by atoms with E-state index in [-0.39, 0.29) is 11.6 Å². The van der Waals surface area contributed by atoms with Gasteiger partial charge in [0.1, 0.15) is 5.60 Å². The summed E-state index contributed by atoms with van der Waals surface area (Å²) in [7, 11) is 0. The molecule has 2 N–H and O–H groups in total. The number of allylic oxidation sites excluding steroid dienone is 2. The SMILES string of the molecule is CC(C)(C)OC(=O)NCC(C)(NCC1CC2C=CC1C2)C1CC1. The van der Waals surface area contributed by atoms with Crippen molar-refractivity contribution in [2.45, 2.75) is 64.5 Å². The molecular weight excluding hydrogens is 288 g/mol. The number of alkyl carbamates (subject to hydrolysis) is 1. The third-order valence-electron chi connectivity index (χ3n) is 5.66. The molecule has 0 heterocycles. The molecule has 3 aliphatic carbocycles. The van der Waals surface area contributed by atoms with Crippen LogP contribution in [0.3, 0.4) is 0 Å². The summed E-state index contributed by atoms with van der Waals surface area (Å²) in [6, 6.07) is 0. The van der Waals surface area contributed by atoms with Crippen molar-refractivity contribution in [1.29, 1.82) is 0 Å². The quantitative estimate of drug-likeness (QED) is 0.737. The molecule has 0 saturated heterocycles. The predicted octanol–water partition coefficient (Wildman–Crippen LogP) is 3.48. The molecule has 2 bridgehead atoms. The Labute approximate surface area is 140 Å². The van der Waals surface area contributed by atoms with Crippen molar-refractivity contribution < 1.29 is 9.53 Å². The summed E-state index contributed by atoms with van der Waals surface area (Å²) in [5.41, 5.74) is -0.453. The predicted molar refractivity (Wildman–Crippen MR) is 92.2 cm³/mol. The van der Waals surface area contributed by atoms with Gasteiger partial charge in [0.25, 0.3) is 0 Å². The minimum Gasteiger partial charge on any atom is -0.444 e. The normalized spacial score (nSPS) is 31.9. The zero-order chi connectivity index (χ0) is 16.7. The van der Waals surface area contributed by atoms with Gasteiger partial charge < -0.3 is 15.4 Å². The van der Waals surface area contributed by atoms with Crippen molar-refractivity contribution in [1.82, 2.24) is 10.6 Å². The van der Waals surface area contributed by atoms with Crippen LogP contribution < -0.4 is 10.6 Å². The highest BCUT2D eigenvalue weighted by Crippen LogP contribution is 2.44. The summed E-state index contributed by atoms with van der Waals surface area (Å²) in [6.45, 7) is 9.65. The summed E-state index contributed by atoms with van der Waals surface area (Å²) in [5.74, 6) is 3.03. The van der Waals surface area contributed by atoms with Gasteiger partial charge >= 0.3 is 6.09 Å². The highest BCUT2D eigenvalue weighted by molar-refractivity contribution is 5.67. The second kappa shape index (κ2) is 6.12. The van der Waals surface area contributed by atoms with E-state index in [2.05, 4.69) is 29.7 Å². The lowest BCUT2D eigenvalue weighted by Crippen LogP contribution is -2.55. The Kier molecular flexibility index (Phi) is 4.47. The zero-order valence-electron chi connectivity index (χ0n) is 15.0. The zero-order valence-corrected chi connectivity index (χ0v) is 15.0. The Morgan fingerprint density at radius 1 is 1.17 bits per heavy atom. The number of carbonyl (C=O) groups excluding carboxylic acids is 1. The van der Waals surface area contributed by atoms with Gasteiger partial charge in [-0.3, -0.25) is 0 Å². The summed E-state index contributed by atoms with van der Waals surface area (Å²) >= 11 is 0. The summed E-state index contributed by atoms with van der Waals surface area (Å²) in [6.07, 6.45) is 9.69. The average Bonchev–Trinajstić information content (AvgIpc) is 3.12. The van der Waals surface area contributed by atoms with Gasteiger partial charge in [0.05, 0.1) is 0 Å². The molecule has 0 aromatic heterocycles. The lowest BCUT2D eigenvalue weighted by Gasteiger charge is -2.34. The number of amides is 1. The van der Waals surface area contributed by atoms with Crippen LogP contribution in [0.5, 0.6) is 0 Å². The molecule has 0 aromatic carbocycles. The molecule has 4 nitrogen and oxygen atoms in total. The summed E-state index contributed by atoms with van der Waals surface area (Å²) < 4.78 is 5.36. The molecule has 0 spiro atoms. The Morgan fingerprint density at radius 2 is 1.91 bits per heavy atom. The second-order valence-corrected chi connectivity index (χ2v) is 8.97. The van der Waals surface area contributed by atoms with Crippen molar-refractivity contribution in [3.63, 3.8) is 0 Å². The topological polar surface area (TPSA) is 50.4 Å². The molecule has 2 fully saturated rings. The highest BCUT2D eigenvalue weighted by Gasteiger charge is 2.43. The molecule has 4 unspecified atom stereocenters. The third-order valence-corrected chi connectivity index (χ3v) is 5.66. The van der Waals surface area contributed by atoms with Crippen molar-refractivity contribution in [2.75, 3.05) is 13.1 Å². The Morgan fingerprint density at radius 3 is 2.43 bits per heavy atom. The van der Waals surface area contributed by atoms with Gasteiger partial charge in [0.15, 0.2) is 0 Å². The first kappa shape index (κ1) is 16.8. The van der Waals surface area contributed by atoms with E-state index in [1.165, 1.54) is 25.7 Å². The Bertz CT molecular complexity index is 478. The Balaban J connectivity index is 1.49. The van der Waals surface area contributed by atoms with Crippen LogP contribution in [0.4, 0.5) is 4.79 Å². The molecule has 2 saturated carbocycles. The number of fused-ring (bicyclic) bond motifs is 2. The van der Waals surface area contributed by atoms with Gasteiger partial charge in [-0.05, 0) is 83.6 Å². The first-order chi connectivity index (χ1) is 10.8. The van der Waals surface area contributed by atoms with E-state index in [0.717, 1.165) is 24.3 Å². The van der Waals surface area contributed by atoms with Crippen molar-refractivity contribution >= 4 is 6.09 Å². The number of ether oxygens (including phenoxy) is 1.